The highest BCUT2D eigenvalue weighted by atomic mass is 16.7. The van der Waals surface area contributed by atoms with Gasteiger partial charge in [0.25, 0.3) is 0 Å². The van der Waals surface area contributed by atoms with Gasteiger partial charge in [-0.3, -0.25) is 4.84 Å². The fourth-order valence-electron chi connectivity index (χ4n) is 1.81. The number of carbonyl (C=O) groups is 1. The van der Waals surface area contributed by atoms with Crippen molar-refractivity contribution in [1.82, 2.24) is 4.90 Å². The van der Waals surface area contributed by atoms with Crippen molar-refractivity contribution in [2.75, 3.05) is 13.1 Å². The van der Waals surface area contributed by atoms with Gasteiger partial charge in [0.15, 0.2) is 0 Å². The van der Waals surface area contributed by atoms with Crippen LogP contribution in [0.3, 0.4) is 0 Å². The van der Waals surface area contributed by atoms with Crippen LogP contribution in [0.4, 0.5) is 4.79 Å². The second kappa shape index (κ2) is 6.03. The number of rotatable bonds is 2. The van der Waals surface area contributed by atoms with Gasteiger partial charge in [-0.15, -0.1) is 0 Å². The number of hydrogen-bond donors (Lipinski definition) is 0. The van der Waals surface area contributed by atoms with E-state index in [-0.39, 0.29) is 6.09 Å². The SMILES string of the molecule is O=C(O/N=C/c1ccccc1)N1CCCCC1. The Hall–Kier alpha value is -1.84. The average Bonchev–Trinajstić information content (AvgIpc) is 2.41. The van der Waals surface area contributed by atoms with E-state index in [4.69, 9.17) is 4.84 Å². The van der Waals surface area contributed by atoms with Crippen LogP contribution in [0.15, 0.2) is 35.5 Å². The summed E-state index contributed by atoms with van der Waals surface area (Å²) in [5, 5.41) is 3.70. The first kappa shape index (κ1) is 11.6. The molecule has 0 spiro atoms. The molecule has 1 fully saturated rings. The molecule has 0 aromatic heterocycles. The van der Waals surface area contributed by atoms with Crippen molar-refractivity contribution in [3.8, 4) is 0 Å². The lowest BCUT2D eigenvalue weighted by atomic mass is 10.1. The summed E-state index contributed by atoms with van der Waals surface area (Å²) in [5.74, 6) is 0. The zero-order valence-corrected chi connectivity index (χ0v) is 9.71. The van der Waals surface area contributed by atoms with Gasteiger partial charge in [-0.2, -0.15) is 0 Å². The van der Waals surface area contributed by atoms with Crippen LogP contribution in [0, 0.1) is 0 Å². The smallest absolute Gasteiger partial charge is 0.306 e. The van der Waals surface area contributed by atoms with Crippen LogP contribution in [0.1, 0.15) is 24.8 Å². The Morgan fingerprint density at radius 2 is 1.88 bits per heavy atom. The van der Waals surface area contributed by atoms with Gasteiger partial charge < -0.3 is 4.90 Å². The summed E-state index contributed by atoms with van der Waals surface area (Å²) in [7, 11) is 0. The van der Waals surface area contributed by atoms with Gasteiger partial charge in [0.2, 0.25) is 0 Å². The molecule has 1 saturated heterocycles. The molecule has 0 atom stereocenters. The fraction of sp³-hybridized carbons (Fsp3) is 0.385. The molecule has 90 valence electrons. The lowest BCUT2D eigenvalue weighted by Crippen LogP contribution is -2.35. The highest BCUT2D eigenvalue weighted by molar-refractivity contribution is 5.79. The molecule has 0 radical (unpaired) electrons. The molecule has 0 saturated carbocycles. The minimum atomic E-state index is -0.350. The van der Waals surface area contributed by atoms with E-state index >= 15 is 0 Å². The van der Waals surface area contributed by atoms with Crippen molar-refractivity contribution in [3.05, 3.63) is 35.9 Å². The number of piperidine rings is 1. The third kappa shape index (κ3) is 3.59. The van der Waals surface area contributed by atoms with Gasteiger partial charge in [-0.25, -0.2) is 4.79 Å². The number of hydrogen-bond acceptors (Lipinski definition) is 3. The van der Waals surface area contributed by atoms with Gasteiger partial charge in [0.1, 0.15) is 0 Å². The van der Waals surface area contributed by atoms with Crippen LogP contribution < -0.4 is 0 Å². The van der Waals surface area contributed by atoms with Crippen molar-refractivity contribution >= 4 is 12.3 Å². The van der Waals surface area contributed by atoms with Gasteiger partial charge in [0.05, 0.1) is 6.21 Å². The van der Waals surface area contributed by atoms with Crippen LogP contribution in [0.2, 0.25) is 0 Å². The number of oxime groups is 1. The second-order valence-corrected chi connectivity index (χ2v) is 4.05. The molecule has 0 N–H and O–H groups in total. The van der Waals surface area contributed by atoms with Crippen LogP contribution in [-0.4, -0.2) is 30.3 Å². The first-order chi connectivity index (χ1) is 8.36. The van der Waals surface area contributed by atoms with E-state index in [0.29, 0.717) is 0 Å². The minimum absolute atomic E-state index is 0.350. The normalized spacial score (nSPS) is 16.1. The largest absolute Gasteiger partial charge is 0.435 e. The summed E-state index contributed by atoms with van der Waals surface area (Å²) >= 11 is 0. The maximum atomic E-state index is 11.6. The third-order valence-electron chi connectivity index (χ3n) is 2.75. The topological polar surface area (TPSA) is 41.9 Å². The highest BCUT2D eigenvalue weighted by Crippen LogP contribution is 2.09. The monoisotopic (exact) mass is 232 g/mol. The Balaban J connectivity index is 1.81. The van der Waals surface area contributed by atoms with Gasteiger partial charge >= 0.3 is 6.09 Å². The molecule has 17 heavy (non-hydrogen) atoms. The number of amides is 1. The van der Waals surface area contributed by atoms with Gasteiger partial charge in [0, 0.05) is 13.1 Å². The standard InChI is InChI=1S/C13H16N2O2/c16-13(15-9-5-2-6-10-15)17-14-11-12-7-3-1-4-8-12/h1,3-4,7-8,11H,2,5-6,9-10H2/b14-11+. The van der Waals surface area contributed by atoms with E-state index in [1.165, 1.54) is 6.42 Å². The van der Waals surface area contributed by atoms with Gasteiger partial charge in [-0.1, -0.05) is 35.5 Å². The molecule has 1 aromatic carbocycles. The lowest BCUT2D eigenvalue weighted by Gasteiger charge is -2.24. The van der Waals surface area contributed by atoms with E-state index in [0.717, 1.165) is 31.5 Å². The van der Waals surface area contributed by atoms with E-state index < -0.39 is 0 Å². The summed E-state index contributed by atoms with van der Waals surface area (Å²) in [6.07, 6.45) is 4.49. The maximum Gasteiger partial charge on any atom is 0.435 e. The molecular formula is C13H16N2O2. The van der Waals surface area contributed by atoms with Crippen molar-refractivity contribution in [3.63, 3.8) is 0 Å². The Morgan fingerprint density at radius 1 is 1.18 bits per heavy atom. The van der Waals surface area contributed by atoms with Crippen LogP contribution in [-0.2, 0) is 4.84 Å². The molecule has 1 aliphatic heterocycles. The average molecular weight is 232 g/mol. The molecule has 2 rings (SSSR count). The zero-order valence-electron chi connectivity index (χ0n) is 9.71. The van der Waals surface area contributed by atoms with E-state index in [9.17, 15) is 4.79 Å². The van der Waals surface area contributed by atoms with Crippen LogP contribution >= 0.6 is 0 Å². The van der Waals surface area contributed by atoms with Crippen molar-refractivity contribution in [1.29, 1.82) is 0 Å². The molecule has 0 bridgehead atoms. The molecular weight excluding hydrogens is 216 g/mol. The van der Waals surface area contributed by atoms with Crippen molar-refractivity contribution < 1.29 is 9.63 Å². The van der Waals surface area contributed by atoms with Gasteiger partial charge in [-0.05, 0) is 24.8 Å². The first-order valence-corrected chi connectivity index (χ1v) is 5.90. The molecule has 0 aliphatic carbocycles. The number of carbonyl (C=O) groups excluding carboxylic acids is 1. The second-order valence-electron chi connectivity index (χ2n) is 4.05. The predicted molar refractivity (Wildman–Crippen MR) is 65.9 cm³/mol. The van der Waals surface area contributed by atoms with Crippen molar-refractivity contribution in [2.45, 2.75) is 19.3 Å². The lowest BCUT2D eigenvalue weighted by molar-refractivity contribution is 0.0987. The van der Waals surface area contributed by atoms with E-state index in [2.05, 4.69) is 5.16 Å². The number of nitrogens with zero attached hydrogens (tertiary/aromatic N) is 2. The number of likely N-dealkylation sites (tertiary alicyclic amines) is 1. The highest BCUT2D eigenvalue weighted by Gasteiger charge is 2.17. The third-order valence-corrected chi connectivity index (χ3v) is 2.75. The molecule has 1 heterocycles. The molecule has 0 unspecified atom stereocenters. The molecule has 1 amide bonds. The summed E-state index contributed by atoms with van der Waals surface area (Å²) in [4.78, 5) is 18.1. The Labute approximate surface area is 101 Å². The maximum absolute atomic E-state index is 11.6. The van der Waals surface area contributed by atoms with Crippen LogP contribution in [0.5, 0.6) is 0 Å². The van der Waals surface area contributed by atoms with E-state index in [1.54, 1.807) is 11.1 Å². The summed E-state index contributed by atoms with van der Waals surface area (Å²) in [6.45, 7) is 1.55. The zero-order chi connectivity index (χ0) is 11.9. The Kier molecular flexibility index (Phi) is 4.13. The van der Waals surface area contributed by atoms with Crippen LogP contribution in [0.25, 0.3) is 0 Å². The number of benzene rings is 1. The van der Waals surface area contributed by atoms with Crippen molar-refractivity contribution in [2.24, 2.45) is 5.16 Å². The predicted octanol–water partition coefficient (Wildman–Crippen LogP) is 2.64. The quantitative estimate of drug-likeness (QED) is 0.447. The first-order valence-electron chi connectivity index (χ1n) is 5.90. The minimum Gasteiger partial charge on any atom is -0.306 e. The summed E-state index contributed by atoms with van der Waals surface area (Å²) < 4.78 is 0. The summed E-state index contributed by atoms with van der Waals surface area (Å²) in [6, 6.07) is 9.55. The Morgan fingerprint density at radius 3 is 2.59 bits per heavy atom. The summed E-state index contributed by atoms with van der Waals surface area (Å²) in [5.41, 5.74) is 0.916. The van der Waals surface area contributed by atoms with E-state index in [1.807, 2.05) is 30.3 Å². The molecule has 1 aromatic rings. The molecule has 1 aliphatic rings. The Bertz CT molecular complexity index is 384. The fourth-order valence-corrected chi connectivity index (χ4v) is 1.81. The molecule has 4 heteroatoms. The molecule has 4 nitrogen and oxygen atoms in total.